The summed E-state index contributed by atoms with van der Waals surface area (Å²) in [5.41, 5.74) is 0.395. The van der Waals surface area contributed by atoms with E-state index >= 15 is 0 Å². The number of hydrogen-bond donors (Lipinski definition) is 1. The zero-order valence-corrected chi connectivity index (χ0v) is 15.7. The van der Waals surface area contributed by atoms with Crippen molar-refractivity contribution in [2.75, 3.05) is 38.0 Å². The molecule has 0 bridgehead atoms. The largest absolute Gasteiger partial charge is 0.360 e. The quantitative estimate of drug-likeness (QED) is 0.859. The van der Waals surface area contributed by atoms with E-state index < -0.39 is 0 Å². The van der Waals surface area contributed by atoms with Crippen molar-refractivity contribution in [3.05, 3.63) is 45.6 Å². The number of aryl methyl sites for hydroxylation is 1. The molecule has 1 fully saturated rings. The smallest absolute Gasteiger partial charge is 0.255 e. The average molecular weight is 397 g/mol. The Bertz CT molecular complexity index is 816. The molecule has 0 unspecified atom stereocenters. The van der Waals surface area contributed by atoms with Crippen molar-refractivity contribution in [1.82, 2.24) is 15.0 Å². The maximum absolute atomic E-state index is 12.6. The van der Waals surface area contributed by atoms with Crippen molar-refractivity contribution >= 4 is 40.8 Å². The van der Waals surface area contributed by atoms with Gasteiger partial charge in [-0.3, -0.25) is 14.5 Å². The summed E-state index contributed by atoms with van der Waals surface area (Å²) in [4.78, 5) is 28.4. The number of amides is 2. The summed E-state index contributed by atoms with van der Waals surface area (Å²) in [6, 6.07) is 6.49. The fourth-order valence-corrected chi connectivity index (χ4v) is 3.12. The van der Waals surface area contributed by atoms with Crippen molar-refractivity contribution in [3.8, 4) is 0 Å². The van der Waals surface area contributed by atoms with Crippen molar-refractivity contribution in [2.24, 2.45) is 0 Å². The number of nitrogens with one attached hydrogen (secondary N) is 1. The molecule has 0 atom stereocenters. The Balaban J connectivity index is 1.51. The van der Waals surface area contributed by atoms with Gasteiger partial charge in [0.25, 0.3) is 5.91 Å². The fraction of sp³-hybridized carbons (Fsp3) is 0.353. The van der Waals surface area contributed by atoms with Crippen LogP contribution in [-0.2, 0) is 4.79 Å². The third-order valence-corrected chi connectivity index (χ3v) is 4.65. The van der Waals surface area contributed by atoms with Crippen molar-refractivity contribution in [1.29, 1.82) is 0 Å². The molecule has 9 heteroatoms. The van der Waals surface area contributed by atoms with Crippen LogP contribution in [0.15, 0.2) is 28.8 Å². The highest BCUT2D eigenvalue weighted by molar-refractivity contribution is 6.35. The molecule has 3 rings (SSSR count). The van der Waals surface area contributed by atoms with Crippen LogP contribution in [0.25, 0.3) is 0 Å². The molecule has 2 amide bonds. The van der Waals surface area contributed by atoms with Crippen molar-refractivity contribution in [2.45, 2.75) is 6.92 Å². The van der Waals surface area contributed by atoms with Crippen LogP contribution in [0.5, 0.6) is 0 Å². The number of nitrogens with zero attached hydrogens (tertiary/aromatic N) is 3. The van der Waals surface area contributed by atoms with Crippen molar-refractivity contribution < 1.29 is 14.1 Å². The minimum Gasteiger partial charge on any atom is -0.360 e. The average Bonchev–Trinajstić information content (AvgIpc) is 3.01. The Morgan fingerprint density at radius 3 is 2.58 bits per heavy atom. The minimum atomic E-state index is -0.170. The van der Waals surface area contributed by atoms with Gasteiger partial charge in [-0.15, -0.1) is 0 Å². The van der Waals surface area contributed by atoms with Gasteiger partial charge in [-0.1, -0.05) is 28.4 Å². The lowest BCUT2D eigenvalue weighted by molar-refractivity contribution is -0.117. The second kappa shape index (κ2) is 8.07. The number of anilines is 1. The number of benzene rings is 1. The standard InChI is InChI=1S/C17H18Cl2N4O3/c1-11-8-15(21-26-11)20-16(24)10-22-4-6-23(7-5-22)17(25)13-9-12(18)2-3-14(13)19/h2-3,8-9H,4-7,10H2,1H3,(H,20,21,24). The minimum absolute atomic E-state index is 0.153. The third kappa shape index (κ3) is 4.55. The van der Waals surface area contributed by atoms with Crippen molar-refractivity contribution in [3.63, 3.8) is 0 Å². The zero-order chi connectivity index (χ0) is 18.7. The number of carbonyl (C=O) groups is 2. The predicted molar refractivity (Wildman–Crippen MR) is 98.7 cm³/mol. The lowest BCUT2D eigenvalue weighted by Gasteiger charge is -2.34. The highest BCUT2D eigenvalue weighted by Crippen LogP contribution is 2.22. The first-order valence-electron chi connectivity index (χ1n) is 8.12. The normalized spacial score (nSPS) is 15.1. The van der Waals surface area contributed by atoms with Gasteiger partial charge in [0.05, 0.1) is 17.1 Å². The topological polar surface area (TPSA) is 78.7 Å². The summed E-state index contributed by atoms with van der Waals surface area (Å²) in [5.74, 6) is 0.708. The molecule has 1 aliphatic rings. The van der Waals surface area contributed by atoms with Crippen LogP contribution < -0.4 is 5.32 Å². The van der Waals surface area contributed by atoms with E-state index in [0.717, 1.165) is 0 Å². The molecule has 1 aliphatic heterocycles. The lowest BCUT2D eigenvalue weighted by Crippen LogP contribution is -2.50. The van der Waals surface area contributed by atoms with E-state index in [1.807, 2.05) is 4.90 Å². The number of piperazine rings is 1. The molecule has 1 aromatic carbocycles. The molecule has 2 heterocycles. The molecule has 0 spiro atoms. The molecule has 26 heavy (non-hydrogen) atoms. The summed E-state index contributed by atoms with van der Waals surface area (Å²) < 4.78 is 4.91. The number of carbonyl (C=O) groups excluding carboxylic acids is 2. The van der Waals surface area contributed by atoms with Crippen LogP contribution in [0, 0.1) is 6.92 Å². The van der Waals surface area contributed by atoms with Crippen LogP contribution >= 0.6 is 23.2 Å². The maximum Gasteiger partial charge on any atom is 0.255 e. The number of aromatic nitrogens is 1. The maximum atomic E-state index is 12.6. The Kier molecular flexibility index (Phi) is 5.80. The van der Waals surface area contributed by atoms with E-state index in [9.17, 15) is 9.59 Å². The summed E-state index contributed by atoms with van der Waals surface area (Å²) >= 11 is 12.1. The molecular weight excluding hydrogens is 379 g/mol. The number of rotatable bonds is 4. The molecule has 0 radical (unpaired) electrons. The number of hydrogen-bond acceptors (Lipinski definition) is 5. The zero-order valence-electron chi connectivity index (χ0n) is 14.2. The van der Waals surface area contributed by atoms with Gasteiger partial charge in [0.2, 0.25) is 5.91 Å². The highest BCUT2D eigenvalue weighted by Gasteiger charge is 2.25. The first-order valence-corrected chi connectivity index (χ1v) is 8.88. The molecular formula is C17H18Cl2N4O3. The van der Waals surface area contributed by atoms with E-state index in [1.54, 1.807) is 36.1 Å². The van der Waals surface area contributed by atoms with Crippen LogP contribution in [0.2, 0.25) is 10.0 Å². The van der Waals surface area contributed by atoms with E-state index in [2.05, 4.69) is 10.5 Å². The van der Waals surface area contributed by atoms with E-state index in [0.29, 0.717) is 53.4 Å². The van der Waals surface area contributed by atoms with Gasteiger partial charge < -0.3 is 14.7 Å². The highest BCUT2D eigenvalue weighted by atomic mass is 35.5. The number of halogens is 2. The molecule has 138 valence electrons. The third-order valence-electron chi connectivity index (χ3n) is 4.08. The summed E-state index contributed by atoms with van der Waals surface area (Å²) in [6.07, 6.45) is 0. The fourth-order valence-electron chi connectivity index (χ4n) is 2.75. The van der Waals surface area contributed by atoms with Gasteiger partial charge >= 0.3 is 0 Å². The molecule has 1 saturated heterocycles. The molecule has 1 N–H and O–H groups in total. The lowest BCUT2D eigenvalue weighted by atomic mass is 10.1. The molecule has 7 nitrogen and oxygen atoms in total. The summed E-state index contributed by atoms with van der Waals surface area (Å²) in [7, 11) is 0. The van der Waals surface area contributed by atoms with Gasteiger partial charge in [-0.2, -0.15) is 0 Å². The van der Waals surface area contributed by atoms with Gasteiger partial charge in [0.15, 0.2) is 5.82 Å². The molecule has 1 aromatic heterocycles. The molecule has 2 aromatic rings. The van der Waals surface area contributed by atoms with Gasteiger partial charge in [0.1, 0.15) is 5.76 Å². The second-order valence-corrected chi connectivity index (χ2v) is 6.91. The molecule has 0 aliphatic carbocycles. The monoisotopic (exact) mass is 396 g/mol. The summed E-state index contributed by atoms with van der Waals surface area (Å²) in [6.45, 7) is 4.19. The van der Waals surface area contributed by atoms with Gasteiger partial charge in [-0.05, 0) is 25.1 Å². The van der Waals surface area contributed by atoms with E-state index in [-0.39, 0.29) is 18.4 Å². The first kappa shape index (κ1) is 18.7. The SMILES string of the molecule is Cc1cc(NC(=O)CN2CCN(C(=O)c3cc(Cl)ccc3Cl)CC2)no1. The van der Waals surface area contributed by atoms with Crippen LogP contribution in [0.3, 0.4) is 0 Å². The molecule has 0 saturated carbocycles. The Morgan fingerprint density at radius 2 is 1.92 bits per heavy atom. The van der Waals surface area contributed by atoms with Crippen LogP contribution in [0.4, 0.5) is 5.82 Å². The second-order valence-electron chi connectivity index (χ2n) is 6.06. The Labute approximate surface area is 160 Å². The Morgan fingerprint density at radius 1 is 1.19 bits per heavy atom. The van der Waals surface area contributed by atoms with Gasteiger partial charge in [0, 0.05) is 37.3 Å². The summed E-state index contributed by atoms with van der Waals surface area (Å²) in [5, 5.41) is 7.26. The first-order chi connectivity index (χ1) is 12.4. The van der Waals surface area contributed by atoms with E-state index in [4.69, 9.17) is 27.7 Å². The van der Waals surface area contributed by atoms with Crippen LogP contribution in [-0.4, -0.2) is 59.5 Å². The van der Waals surface area contributed by atoms with E-state index in [1.165, 1.54) is 0 Å². The Hall–Kier alpha value is -2.09. The predicted octanol–water partition coefficient (Wildman–Crippen LogP) is 2.69. The van der Waals surface area contributed by atoms with Crippen LogP contribution in [0.1, 0.15) is 16.1 Å². The van der Waals surface area contributed by atoms with Gasteiger partial charge in [-0.25, -0.2) is 0 Å².